The highest BCUT2D eigenvalue weighted by atomic mass is 16.6. The number of benzene rings is 1. The monoisotopic (exact) mass is 319 g/mol. The number of ether oxygens (including phenoxy) is 3. The largest absolute Gasteiger partial charge is 0.497 e. The van der Waals surface area contributed by atoms with E-state index in [0.717, 1.165) is 0 Å². The van der Waals surface area contributed by atoms with Gasteiger partial charge in [-0.3, -0.25) is 4.79 Å². The Bertz CT molecular complexity index is 619. The molecule has 0 saturated carbocycles. The van der Waals surface area contributed by atoms with E-state index < -0.39 is 5.60 Å². The maximum absolute atomic E-state index is 12.5. The molecule has 1 aromatic carbocycles. The Labute approximate surface area is 135 Å². The summed E-state index contributed by atoms with van der Waals surface area (Å²) in [6.45, 7) is 3.23. The van der Waals surface area contributed by atoms with Crippen LogP contribution in [0, 0.1) is 0 Å². The third kappa shape index (κ3) is 2.98. The minimum atomic E-state index is -0.512. The number of carbonyl (C=O) groups excluding carboxylic acids is 2. The maximum atomic E-state index is 12.5. The summed E-state index contributed by atoms with van der Waals surface area (Å²) in [6.07, 6.45) is 1.30. The van der Waals surface area contributed by atoms with Crippen LogP contribution in [-0.4, -0.2) is 49.2 Å². The van der Waals surface area contributed by atoms with Gasteiger partial charge in [-0.15, -0.1) is 0 Å². The number of carbonyl (C=O) groups is 2. The van der Waals surface area contributed by atoms with E-state index in [0.29, 0.717) is 56.0 Å². The number of fused-ring (bicyclic) bond motifs is 1. The average molecular weight is 319 g/mol. The lowest BCUT2D eigenvalue weighted by atomic mass is 9.82. The normalized spacial score (nSPS) is 19.0. The van der Waals surface area contributed by atoms with E-state index >= 15 is 0 Å². The first-order valence-corrected chi connectivity index (χ1v) is 7.89. The summed E-state index contributed by atoms with van der Waals surface area (Å²) < 4.78 is 16.4. The number of piperidine rings is 1. The molecule has 1 aromatic rings. The smallest absolute Gasteiger partial charge is 0.409 e. The molecule has 23 heavy (non-hydrogen) atoms. The van der Waals surface area contributed by atoms with Crippen LogP contribution in [-0.2, 0) is 4.74 Å². The number of methoxy groups -OCH3 is 1. The molecule has 3 rings (SSSR count). The van der Waals surface area contributed by atoms with Gasteiger partial charge < -0.3 is 19.1 Å². The summed E-state index contributed by atoms with van der Waals surface area (Å²) in [5.41, 5.74) is 0.0598. The van der Waals surface area contributed by atoms with Crippen molar-refractivity contribution < 1.29 is 23.8 Å². The Hall–Kier alpha value is -2.24. The third-order valence-electron chi connectivity index (χ3n) is 4.50. The maximum Gasteiger partial charge on any atom is 0.409 e. The molecular weight excluding hydrogens is 298 g/mol. The Balaban J connectivity index is 1.73. The number of Topliss-reactive ketones (excluding diaryl/α,β-unsaturated/α-hetero) is 1. The predicted molar refractivity (Wildman–Crippen MR) is 83.1 cm³/mol. The van der Waals surface area contributed by atoms with Crippen molar-refractivity contribution in [3.8, 4) is 11.5 Å². The zero-order chi connectivity index (χ0) is 16.4. The summed E-state index contributed by atoms with van der Waals surface area (Å²) in [5.74, 6) is 1.31. The van der Waals surface area contributed by atoms with Gasteiger partial charge in [-0.05, 0) is 25.1 Å². The number of hydrogen-bond acceptors (Lipinski definition) is 5. The zero-order valence-electron chi connectivity index (χ0n) is 13.5. The van der Waals surface area contributed by atoms with Gasteiger partial charge in [0.15, 0.2) is 5.78 Å². The number of rotatable bonds is 2. The molecule has 0 unspecified atom stereocenters. The van der Waals surface area contributed by atoms with Crippen LogP contribution in [0.1, 0.15) is 36.5 Å². The molecule has 6 heteroatoms. The minimum absolute atomic E-state index is 0.0646. The highest BCUT2D eigenvalue weighted by Crippen LogP contribution is 2.40. The fourth-order valence-corrected chi connectivity index (χ4v) is 3.19. The van der Waals surface area contributed by atoms with E-state index in [9.17, 15) is 9.59 Å². The molecule has 1 saturated heterocycles. The molecule has 0 atom stereocenters. The molecule has 2 aliphatic heterocycles. The van der Waals surface area contributed by atoms with Crippen molar-refractivity contribution in [1.29, 1.82) is 0 Å². The fraction of sp³-hybridized carbons (Fsp3) is 0.529. The van der Waals surface area contributed by atoms with Crippen LogP contribution in [0.5, 0.6) is 11.5 Å². The lowest BCUT2D eigenvalue weighted by Crippen LogP contribution is -2.52. The first-order chi connectivity index (χ1) is 11.1. The SMILES string of the molecule is CCOC(=O)N1CCC2(CC1)CC(=O)c1cc(OC)ccc1O2. The summed E-state index contributed by atoms with van der Waals surface area (Å²) in [6, 6.07) is 5.29. The van der Waals surface area contributed by atoms with Crippen molar-refractivity contribution >= 4 is 11.9 Å². The van der Waals surface area contributed by atoms with Gasteiger partial charge in [-0.25, -0.2) is 4.79 Å². The van der Waals surface area contributed by atoms with Gasteiger partial charge in [-0.1, -0.05) is 0 Å². The zero-order valence-corrected chi connectivity index (χ0v) is 13.5. The van der Waals surface area contributed by atoms with Crippen LogP contribution in [0.15, 0.2) is 18.2 Å². The van der Waals surface area contributed by atoms with Gasteiger partial charge in [-0.2, -0.15) is 0 Å². The lowest BCUT2D eigenvalue weighted by molar-refractivity contribution is -0.00864. The molecule has 0 bridgehead atoms. The minimum Gasteiger partial charge on any atom is -0.497 e. The Morgan fingerprint density at radius 2 is 2.09 bits per heavy atom. The topological polar surface area (TPSA) is 65.1 Å². The van der Waals surface area contributed by atoms with E-state index in [2.05, 4.69) is 0 Å². The first kappa shape index (κ1) is 15.6. The third-order valence-corrected chi connectivity index (χ3v) is 4.50. The second-order valence-corrected chi connectivity index (χ2v) is 5.93. The average Bonchev–Trinajstić information content (AvgIpc) is 2.55. The Kier molecular flexibility index (Phi) is 4.15. The van der Waals surface area contributed by atoms with Gasteiger partial charge in [0.1, 0.15) is 17.1 Å². The van der Waals surface area contributed by atoms with E-state index in [1.54, 1.807) is 37.1 Å². The van der Waals surface area contributed by atoms with Crippen LogP contribution >= 0.6 is 0 Å². The van der Waals surface area contributed by atoms with E-state index in [-0.39, 0.29) is 11.9 Å². The van der Waals surface area contributed by atoms with Crippen molar-refractivity contribution in [1.82, 2.24) is 4.90 Å². The molecule has 6 nitrogen and oxygen atoms in total. The van der Waals surface area contributed by atoms with Crippen LogP contribution < -0.4 is 9.47 Å². The summed E-state index contributed by atoms with van der Waals surface area (Å²) in [5, 5.41) is 0. The van der Waals surface area contributed by atoms with Crippen LogP contribution in [0.3, 0.4) is 0 Å². The molecular formula is C17H21NO5. The first-order valence-electron chi connectivity index (χ1n) is 7.89. The van der Waals surface area contributed by atoms with Crippen molar-refractivity contribution in [3.05, 3.63) is 23.8 Å². The molecule has 124 valence electrons. The van der Waals surface area contributed by atoms with E-state index in [1.807, 2.05) is 0 Å². The number of ketones is 1. The molecule has 2 aliphatic rings. The van der Waals surface area contributed by atoms with Gasteiger partial charge in [0.25, 0.3) is 0 Å². The summed E-state index contributed by atoms with van der Waals surface area (Å²) in [7, 11) is 1.57. The van der Waals surface area contributed by atoms with Crippen LogP contribution in [0.2, 0.25) is 0 Å². The number of amides is 1. The van der Waals surface area contributed by atoms with E-state index in [1.165, 1.54) is 0 Å². The molecule has 2 heterocycles. The van der Waals surface area contributed by atoms with Crippen molar-refractivity contribution in [2.45, 2.75) is 31.8 Å². The molecule has 0 radical (unpaired) electrons. The Morgan fingerprint density at radius 3 is 2.74 bits per heavy atom. The molecule has 0 aliphatic carbocycles. The van der Waals surface area contributed by atoms with Gasteiger partial charge in [0, 0.05) is 25.9 Å². The van der Waals surface area contributed by atoms with Gasteiger partial charge in [0.05, 0.1) is 25.7 Å². The predicted octanol–water partition coefficient (Wildman–Crippen LogP) is 2.65. The summed E-state index contributed by atoms with van der Waals surface area (Å²) in [4.78, 5) is 26.0. The number of likely N-dealkylation sites (tertiary alicyclic amines) is 1. The standard InChI is InChI=1S/C17H21NO5/c1-3-22-16(20)18-8-6-17(7-9-18)11-14(19)13-10-12(21-2)4-5-15(13)23-17/h4-5,10H,3,6-9,11H2,1-2H3. The molecule has 0 aromatic heterocycles. The van der Waals surface area contributed by atoms with Crippen molar-refractivity contribution in [2.75, 3.05) is 26.8 Å². The van der Waals surface area contributed by atoms with E-state index in [4.69, 9.17) is 14.2 Å². The van der Waals surface area contributed by atoms with Crippen LogP contribution in [0.25, 0.3) is 0 Å². The fourth-order valence-electron chi connectivity index (χ4n) is 3.19. The molecule has 1 spiro atoms. The second kappa shape index (κ2) is 6.10. The number of hydrogen-bond donors (Lipinski definition) is 0. The van der Waals surface area contributed by atoms with Gasteiger partial charge >= 0.3 is 6.09 Å². The Morgan fingerprint density at radius 1 is 1.35 bits per heavy atom. The highest BCUT2D eigenvalue weighted by Gasteiger charge is 2.44. The molecule has 1 fully saturated rings. The second-order valence-electron chi connectivity index (χ2n) is 5.93. The molecule has 1 amide bonds. The molecule has 0 N–H and O–H groups in total. The quantitative estimate of drug-likeness (QED) is 0.838. The highest BCUT2D eigenvalue weighted by molar-refractivity contribution is 6.00. The number of nitrogens with zero attached hydrogens (tertiary/aromatic N) is 1. The lowest BCUT2D eigenvalue weighted by Gasteiger charge is -2.43. The van der Waals surface area contributed by atoms with Gasteiger partial charge in [0.2, 0.25) is 0 Å². The van der Waals surface area contributed by atoms with Crippen molar-refractivity contribution in [2.24, 2.45) is 0 Å². The van der Waals surface area contributed by atoms with Crippen LogP contribution in [0.4, 0.5) is 4.79 Å². The summed E-state index contributed by atoms with van der Waals surface area (Å²) >= 11 is 0. The van der Waals surface area contributed by atoms with Crippen molar-refractivity contribution in [3.63, 3.8) is 0 Å².